The quantitative estimate of drug-likeness (QED) is 0.352. The van der Waals surface area contributed by atoms with Gasteiger partial charge >= 0.3 is 6.43 Å². The van der Waals surface area contributed by atoms with Crippen LogP contribution < -0.4 is 0 Å². The van der Waals surface area contributed by atoms with Crippen LogP contribution in [0, 0.1) is 17.5 Å². The number of carbonyl (C=O) groups excluding carboxylic acids is 1. The molecule has 184 valence electrons. The lowest BCUT2D eigenvalue weighted by atomic mass is 9.94. The second-order valence-corrected chi connectivity index (χ2v) is 8.16. The smallest absolute Gasteiger partial charge is 0.314 e. The van der Waals surface area contributed by atoms with Gasteiger partial charge in [-0.25, -0.2) is 13.2 Å². The van der Waals surface area contributed by atoms with Gasteiger partial charge in [-0.2, -0.15) is 8.78 Å². The lowest BCUT2D eigenvalue weighted by molar-refractivity contribution is 0.0349. The van der Waals surface area contributed by atoms with E-state index < -0.39 is 47.8 Å². The van der Waals surface area contributed by atoms with Crippen molar-refractivity contribution < 1.29 is 36.3 Å². The normalized spacial score (nSPS) is 14.9. The minimum atomic E-state index is -2.96. The molecule has 5 rings (SSSR count). The number of alkyl halides is 2. The summed E-state index contributed by atoms with van der Waals surface area (Å²) in [5.74, 6) is -4.05. The number of aromatic nitrogens is 2. The highest BCUT2D eigenvalue weighted by atomic mass is 19.3. The molecule has 0 aliphatic carbocycles. The molecule has 1 N–H and O–H groups in total. The summed E-state index contributed by atoms with van der Waals surface area (Å²) in [4.78, 5) is 14.7. The first-order chi connectivity index (χ1) is 17.2. The second-order valence-electron chi connectivity index (χ2n) is 8.16. The van der Waals surface area contributed by atoms with Crippen molar-refractivity contribution in [2.75, 3.05) is 0 Å². The maximum absolute atomic E-state index is 14.9. The van der Waals surface area contributed by atoms with Gasteiger partial charge < -0.3 is 14.4 Å². The average Bonchev–Trinajstić information content (AvgIpc) is 3.47. The second kappa shape index (κ2) is 9.15. The Hall–Kier alpha value is -4.12. The van der Waals surface area contributed by atoms with E-state index in [0.717, 1.165) is 24.3 Å². The first-order valence-electron chi connectivity index (χ1n) is 10.7. The van der Waals surface area contributed by atoms with Gasteiger partial charge in [0, 0.05) is 29.3 Å². The number of carbonyl (C=O) groups is 1. The number of hydrogen-bond acceptors (Lipinski definition) is 5. The van der Waals surface area contributed by atoms with Crippen LogP contribution in [0.3, 0.4) is 0 Å². The third-order valence-corrected chi connectivity index (χ3v) is 5.94. The summed E-state index contributed by atoms with van der Waals surface area (Å²) in [5, 5.41) is 18.0. The molecule has 2 heterocycles. The van der Waals surface area contributed by atoms with Gasteiger partial charge in [0.05, 0.1) is 6.04 Å². The Labute approximate surface area is 200 Å². The van der Waals surface area contributed by atoms with E-state index in [1.165, 1.54) is 29.2 Å². The van der Waals surface area contributed by atoms with E-state index in [2.05, 4.69) is 10.2 Å². The van der Waals surface area contributed by atoms with Crippen molar-refractivity contribution in [2.24, 2.45) is 0 Å². The molecule has 1 amide bonds. The minimum Gasteiger partial charge on any atom is -0.415 e. The van der Waals surface area contributed by atoms with E-state index >= 15 is 0 Å². The summed E-state index contributed by atoms with van der Waals surface area (Å²) in [6.07, 6.45) is -4.45. The first kappa shape index (κ1) is 23.6. The SMILES string of the molecule is O=C1c2cc(-c3nnc(C(F)F)o3)ccc2CN1[C@@H](c1ccc(F)cc1F)[C@@H](O)c1ccc(F)cc1. The fraction of sp³-hybridized carbons (Fsp3) is 0.160. The topological polar surface area (TPSA) is 79.5 Å². The molecule has 11 heteroatoms. The molecule has 2 atom stereocenters. The highest BCUT2D eigenvalue weighted by molar-refractivity contribution is 5.99. The van der Waals surface area contributed by atoms with Crippen LogP contribution in [0.4, 0.5) is 22.0 Å². The number of aliphatic hydroxyl groups is 1. The Kier molecular flexibility index (Phi) is 6.00. The summed E-state index contributed by atoms with van der Waals surface area (Å²) in [6.45, 7) is -0.0414. The van der Waals surface area contributed by atoms with Gasteiger partial charge in [0.2, 0.25) is 5.89 Å². The van der Waals surface area contributed by atoms with Gasteiger partial charge in [-0.05, 0) is 41.5 Å². The van der Waals surface area contributed by atoms with E-state index in [-0.39, 0.29) is 34.7 Å². The number of benzene rings is 3. The van der Waals surface area contributed by atoms with Gasteiger partial charge in [0.25, 0.3) is 11.8 Å². The van der Waals surface area contributed by atoms with Crippen LogP contribution >= 0.6 is 0 Å². The summed E-state index contributed by atoms with van der Waals surface area (Å²) in [6, 6.07) is 10.7. The van der Waals surface area contributed by atoms with Crippen molar-refractivity contribution in [1.82, 2.24) is 15.1 Å². The molecule has 1 aliphatic rings. The average molecular weight is 501 g/mol. The largest absolute Gasteiger partial charge is 0.415 e. The Morgan fingerprint density at radius 1 is 0.917 bits per heavy atom. The Morgan fingerprint density at radius 3 is 2.31 bits per heavy atom. The van der Waals surface area contributed by atoms with Crippen LogP contribution in [0.1, 0.15) is 51.5 Å². The third-order valence-electron chi connectivity index (χ3n) is 5.94. The number of rotatable bonds is 6. The molecule has 3 aromatic carbocycles. The fourth-order valence-corrected chi connectivity index (χ4v) is 4.21. The van der Waals surface area contributed by atoms with Gasteiger partial charge in [-0.1, -0.05) is 24.3 Å². The maximum atomic E-state index is 14.9. The molecule has 0 radical (unpaired) electrons. The predicted octanol–water partition coefficient (Wildman–Crippen LogP) is 5.52. The molecule has 6 nitrogen and oxygen atoms in total. The number of amides is 1. The maximum Gasteiger partial charge on any atom is 0.314 e. The molecular formula is C25H16F5N3O3. The predicted molar refractivity (Wildman–Crippen MR) is 115 cm³/mol. The monoisotopic (exact) mass is 501 g/mol. The first-order valence-corrected chi connectivity index (χ1v) is 10.7. The zero-order valence-electron chi connectivity index (χ0n) is 18.2. The lowest BCUT2D eigenvalue weighted by Crippen LogP contribution is -2.34. The number of nitrogens with zero attached hydrogens (tertiary/aromatic N) is 3. The van der Waals surface area contributed by atoms with Gasteiger partial charge in [0.15, 0.2) is 0 Å². The molecule has 0 saturated heterocycles. The Balaban J connectivity index is 1.54. The Bertz CT molecular complexity index is 1440. The van der Waals surface area contributed by atoms with Gasteiger partial charge in [-0.3, -0.25) is 4.79 Å². The van der Waals surface area contributed by atoms with Gasteiger partial charge in [0.1, 0.15) is 23.6 Å². The van der Waals surface area contributed by atoms with Crippen molar-refractivity contribution in [2.45, 2.75) is 25.1 Å². The van der Waals surface area contributed by atoms with E-state index in [1.54, 1.807) is 6.07 Å². The van der Waals surface area contributed by atoms with E-state index in [0.29, 0.717) is 11.6 Å². The molecule has 0 bridgehead atoms. The number of fused-ring (bicyclic) bond motifs is 1. The molecule has 0 unspecified atom stereocenters. The summed E-state index contributed by atoms with van der Waals surface area (Å²) < 4.78 is 72.5. The molecule has 0 saturated carbocycles. The summed E-state index contributed by atoms with van der Waals surface area (Å²) in [7, 11) is 0. The van der Waals surface area contributed by atoms with Crippen molar-refractivity contribution in [3.63, 3.8) is 0 Å². The van der Waals surface area contributed by atoms with Crippen LogP contribution in [0.25, 0.3) is 11.5 Å². The summed E-state index contributed by atoms with van der Waals surface area (Å²) >= 11 is 0. The molecule has 1 aliphatic heterocycles. The third kappa shape index (κ3) is 4.22. The zero-order valence-corrected chi connectivity index (χ0v) is 18.2. The highest BCUT2D eigenvalue weighted by Gasteiger charge is 2.39. The standard InChI is InChI=1S/C25H16F5N3O3/c26-15-5-3-12(4-6-15)21(34)20(17-8-7-16(27)10-19(17)28)33-11-14-2-1-13(9-18(14)25(33)35)23-31-32-24(36-23)22(29)30/h1-10,20-22,34H,11H2/t20-,21-/m0/s1. The van der Waals surface area contributed by atoms with Gasteiger partial charge in [-0.15, -0.1) is 10.2 Å². The molecule has 0 fully saturated rings. The van der Waals surface area contributed by atoms with E-state index in [9.17, 15) is 31.9 Å². The molecular weight excluding hydrogens is 485 g/mol. The minimum absolute atomic E-state index is 0.0414. The van der Waals surface area contributed by atoms with Crippen molar-refractivity contribution in [1.29, 1.82) is 0 Å². The van der Waals surface area contributed by atoms with Crippen LogP contribution in [0.15, 0.2) is 65.1 Å². The molecule has 0 spiro atoms. The zero-order chi connectivity index (χ0) is 25.6. The number of halogens is 5. The molecule has 1 aromatic heterocycles. The van der Waals surface area contributed by atoms with E-state index in [4.69, 9.17) is 4.42 Å². The molecule has 36 heavy (non-hydrogen) atoms. The van der Waals surface area contributed by atoms with Crippen molar-refractivity contribution >= 4 is 5.91 Å². The van der Waals surface area contributed by atoms with Crippen LogP contribution in [0.5, 0.6) is 0 Å². The Morgan fingerprint density at radius 2 is 1.64 bits per heavy atom. The number of hydrogen-bond donors (Lipinski definition) is 1. The number of aliphatic hydroxyl groups excluding tert-OH is 1. The highest BCUT2D eigenvalue weighted by Crippen LogP contribution is 2.41. The fourth-order valence-electron chi connectivity index (χ4n) is 4.21. The van der Waals surface area contributed by atoms with Crippen LogP contribution in [-0.4, -0.2) is 26.1 Å². The van der Waals surface area contributed by atoms with Crippen LogP contribution in [-0.2, 0) is 6.54 Å². The van der Waals surface area contributed by atoms with Crippen molar-refractivity contribution in [3.05, 3.63) is 106 Å². The van der Waals surface area contributed by atoms with E-state index in [1.807, 2.05) is 0 Å². The lowest BCUT2D eigenvalue weighted by Gasteiger charge is -2.32. The molecule has 4 aromatic rings. The summed E-state index contributed by atoms with van der Waals surface area (Å²) in [5.41, 5.74) is 0.944. The van der Waals surface area contributed by atoms with Crippen LogP contribution in [0.2, 0.25) is 0 Å². The van der Waals surface area contributed by atoms with Crippen molar-refractivity contribution in [3.8, 4) is 11.5 Å².